The van der Waals surface area contributed by atoms with Crippen molar-refractivity contribution in [2.75, 3.05) is 13.1 Å². The minimum absolute atomic E-state index is 0. The average Bonchev–Trinajstić information content (AvgIpc) is 2.82. The van der Waals surface area contributed by atoms with E-state index in [1.54, 1.807) is 0 Å². The molecule has 1 aromatic carbocycles. The van der Waals surface area contributed by atoms with E-state index in [0.29, 0.717) is 0 Å². The van der Waals surface area contributed by atoms with Crippen molar-refractivity contribution < 1.29 is 0 Å². The van der Waals surface area contributed by atoms with Gasteiger partial charge in [-0.2, -0.15) is 0 Å². The molecule has 0 amide bonds. The highest BCUT2D eigenvalue weighted by Crippen LogP contribution is 2.29. The summed E-state index contributed by atoms with van der Waals surface area (Å²) < 4.78 is 0. The maximum absolute atomic E-state index is 4.16. The number of rotatable bonds is 2. The number of hydrogen-bond donors (Lipinski definition) is 1. The second kappa shape index (κ2) is 5.71. The van der Waals surface area contributed by atoms with Crippen molar-refractivity contribution in [1.82, 2.24) is 10.3 Å². The zero-order chi connectivity index (χ0) is 10.8. The number of pyridine rings is 1. The Morgan fingerprint density at radius 3 is 3.00 bits per heavy atom. The molecule has 1 aliphatic rings. The number of thioether (sulfide) groups is 1. The smallest absolute Gasteiger partial charge is 0.0346 e. The van der Waals surface area contributed by atoms with Gasteiger partial charge in [0.15, 0.2) is 0 Å². The van der Waals surface area contributed by atoms with Crippen molar-refractivity contribution >= 4 is 34.9 Å². The van der Waals surface area contributed by atoms with E-state index in [1.807, 2.05) is 24.2 Å². The second-order valence-corrected chi connectivity index (χ2v) is 5.49. The van der Waals surface area contributed by atoms with Crippen molar-refractivity contribution in [2.24, 2.45) is 0 Å². The first-order valence-corrected chi connectivity index (χ1v) is 6.51. The minimum atomic E-state index is 0. The third kappa shape index (κ3) is 2.92. The van der Waals surface area contributed by atoms with Crippen molar-refractivity contribution in [2.45, 2.75) is 16.6 Å². The molecule has 3 rings (SSSR count). The molecule has 2 aromatic rings. The molecule has 0 saturated carbocycles. The molecule has 0 aliphatic carbocycles. The van der Waals surface area contributed by atoms with Gasteiger partial charge in [-0.3, -0.25) is 4.98 Å². The molecule has 1 fully saturated rings. The Hall–Kier alpha value is -0.770. The highest BCUT2D eigenvalue weighted by Gasteiger charge is 2.15. The SMILES string of the molecule is Cl.c1cc2ccc(S[C@H]3CCNC3)cc2cn1. The summed E-state index contributed by atoms with van der Waals surface area (Å²) in [4.78, 5) is 5.52. The van der Waals surface area contributed by atoms with Crippen molar-refractivity contribution in [1.29, 1.82) is 0 Å². The fourth-order valence-corrected chi connectivity index (χ4v) is 3.22. The monoisotopic (exact) mass is 266 g/mol. The fourth-order valence-electron chi connectivity index (χ4n) is 2.06. The lowest BCUT2D eigenvalue weighted by atomic mass is 10.2. The van der Waals surface area contributed by atoms with Crippen molar-refractivity contribution in [3.8, 4) is 0 Å². The molecule has 1 saturated heterocycles. The molecule has 4 heteroatoms. The summed E-state index contributed by atoms with van der Waals surface area (Å²) in [6.45, 7) is 2.29. The van der Waals surface area contributed by atoms with E-state index in [4.69, 9.17) is 0 Å². The van der Waals surface area contributed by atoms with Crippen LogP contribution in [0.2, 0.25) is 0 Å². The molecule has 2 nitrogen and oxygen atoms in total. The number of halogens is 1. The molecule has 17 heavy (non-hydrogen) atoms. The van der Waals surface area contributed by atoms with E-state index < -0.39 is 0 Å². The maximum atomic E-state index is 4.16. The summed E-state index contributed by atoms with van der Waals surface area (Å²) >= 11 is 1.98. The topological polar surface area (TPSA) is 24.9 Å². The number of aromatic nitrogens is 1. The molecule has 0 bridgehead atoms. The molecule has 0 unspecified atom stereocenters. The van der Waals surface area contributed by atoms with Gasteiger partial charge in [0.1, 0.15) is 0 Å². The van der Waals surface area contributed by atoms with Crippen LogP contribution in [0.4, 0.5) is 0 Å². The van der Waals surface area contributed by atoms with Gasteiger partial charge in [-0.25, -0.2) is 0 Å². The van der Waals surface area contributed by atoms with Gasteiger partial charge in [0.2, 0.25) is 0 Å². The lowest BCUT2D eigenvalue weighted by molar-refractivity contribution is 0.858. The second-order valence-electron chi connectivity index (χ2n) is 4.12. The Labute approximate surface area is 112 Å². The molecule has 0 radical (unpaired) electrons. The maximum Gasteiger partial charge on any atom is 0.0346 e. The first-order chi connectivity index (χ1) is 7.92. The normalized spacial score (nSPS) is 19.2. The van der Waals surface area contributed by atoms with Gasteiger partial charge in [0, 0.05) is 34.5 Å². The van der Waals surface area contributed by atoms with Crippen molar-refractivity contribution in [3.63, 3.8) is 0 Å². The van der Waals surface area contributed by atoms with E-state index in [9.17, 15) is 0 Å². The largest absolute Gasteiger partial charge is 0.316 e. The Morgan fingerprint density at radius 2 is 2.18 bits per heavy atom. The van der Waals surface area contributed by atoms with E-state index >= 15 is 0 Å². The molecule has 1 atom stereocenters. The van der Waals surface area contributed by atoms with Crippen molar-refractivity contribution in [3.05, 3.63) is 36.7 Å². The number of fused-ring (bicyclic) bond motifs is 1. The third-order valence-corrected chi connectivity index (χ3v) is 4.19. The van der Waals surface area contributed by atoms with Gasteiger partial charge in [-0.05, 0) is 36.6 Å². The average molecular weight is 267 g/mol. The fraction of sp³-hybridized carbons (Fsp3) is 0.308. The summed E-state index contributed by atoms with van der Waals surface area (Å²) in [5, 5.41) is 6.63. The number of nitrogens with zero attached hydrogens (tertiary/aromatic N) is 1. The van der Waals surface area contributed by atoms with Crippen LogP contribution in [-0.4, -0.2) is 23.3 Å². The summed E-state index contributed by atoms with van der Waals surface area (Å²) in [6.07, 6.45) is 5.05. The van der Waals surface area contributed by atoms with E-state index in [0.717, 1.165) is 18.3 Å². The highest BCUT2D eigenvalue weighted by molar-refractivity contribution is 8.00. The van der Waals surface area contributed by atoms with Gasteiger partial charge >= 0.3 is 0 Å². The van der Waals surface area contributed by atoms with Crippen LogP contribution in [0.3, 0.4) is 0 Å². The van der Waals surface area contributed by atoms with Crippen LogP contribution in [0.5, 0.6) is 0 Å². The number of nitrogens with one attached hydrogen (secondary N) is 1. The predicted octanol–water partition coefficient (Wildman–Crippen LogP) is 3.11. The summed E-state index contributed by atoms with van der Waals surface area (Å²) in [5.41, 5.74) is 0. The Bertz CT molecular complexity index is 497. The molecular weight excluding hydrogens is 252 g/mol. The first-order valence-electron chi connectivity index (χ1n) is 5.63. The van der Waals surface area contributed by atoms with Gasteiger partial charge < -0.3 is 5.32 Å². The molecule has 2 heterocycles. The summed E-state index contributed by atoms with van der Waals surface area (Å²) in [6, 6.07) is 8.69. The first kappa shape index (κ1) is 12.7. The van der Waals surface area contributed by atoms with Crippen LogP contribution in [0.15, 0.2) is 41.6 Å². The number of hydrogen-bond acceptors (Lipinski definition) is 3. The molecule has 1 aromatic heterocycles. The molecule has 1 aliphatic heterocycles. The van der Waals surface area contributed by atoms with Gasteiger partial charge in [-0.15, -0.1) is 24.2 Å². The predicted molar refractivity (Wildman–Crippen MR) is 76.1 cm³/mol. The lowest BCUT2D eigenvalue weighted by Crippen LogP contribution is -2.09. The number of benzene rings is 1. The Kier molecular flexibility index (Phi) is 4.26. The van der Waals surface area contributed by atoms with Crippen LogP contribution >= 0.6 is 24.2 Å². The van der Waals surface area contributed by atoms with Gasteiger partial charge in [0.25, 0.3) is 0 Å². The van der Waals surface area contributed by atoms with Gasteiger partial charge in [0.05, 0.1) is 0 Å². The lowest BCUT2D eigenvalue weighted by Gasteiger charge is -2.08. The molecule has 1 N–H and O–H groups in total. The zero-order valence-corrected chi connectivity index (χ0v) is 11.1. The quantitative estimate of drug-likeness (QED) is 0.904. The summed E-state index contributed by atoms with van der Waals surface area (Å²) in [5.74, 6) is 0. The Morgan fingerprint density at radius 1 is 1.24 bits per heavy atom. The van der Waals surface area contributed by atoms with Crippen LogP contribution in [0, 0.1) is 0 Å². The molecule has 90 valence electrons. The van der Waals surface area contributed by atoms with E-state index in [-0.39, 0.29) is 12.4 Å². The van der Waals surface area contributed by atoms with Crippen LogP contribution in [0.1, 0.15) is 6.42 Å². The zero-order valence-electron chi connectivity index (χ0n) is 9.43. The van der Waals surface area contributed by atoms with Crippen LogP contribution < -0.4 is 5.32 Å². The third-order valence-electron chi connectivity index (χ3n) is 2.93. The molecule has 0 spiro atoms. The van der Waals surface area contributed by atoms with Gasteiger partial charge in [-0.1, -0.05) is 6.07 Å². The Balaban J connectivity index is 0.00000108. The van der Waals surface area contributed by atoms with E-state index in [1.165, 1.54) is 22.1 Å². The molecular formula is C13H15ClN2S. The van der Waals surface area contributed by atoms with E-state index in [2.05, 4.69) is 34.6 Å². The highest BCUT2D eigenvalue weighted by atomic mass is 35.5. The minimum Gasteiger partial charge on any atom is -0.316 e. The summed E-state index contributed by atoms with van der Waals surface area (Å²) in [7, 11) is 0. The van der Waals surface area contributed by atoms with Crippen LogP contribution in [-0.2, 0) is 0 Å². The standard InChI is InChI=1S/C13H14N2S.ClH/c1-2-12(16-13-4-6-15-9-13)7-11-8-14-5-3-10(1)11;/h1-3,5,7-8,13,15H,4,6,9H2;1H/t13-;/m0./s1. The van der Waals surface area contributed by atoms with Crippen LogP contribution in [0.25, 0.3) is 10.8 Å².